The van der Waals surface area contributed by atoms with Crippen molar-refractivity contribution in [3.05, 3.63) is 45.7 Å². The van der Waals surface area contributed by atoms with E-state index in [0.717, 1.165) is 17.3 Å². The van der Waals surface area contributed by atoms with E-state index in [2.05, 4.69) is 0 Å². The fourth-order valence-corrected chi connectivity index (χ4v) is 2.83. The number of hydrogen-bond donors (Lipinski definition) is 0. The molecule has 0 saturated heterocycles. The minimum Gasteiger partial charge on any atom is -0.350 e. The fraction of sp³-hybridized carbons (Fsp3) is 0.308. The zero-order chi connectivity index (χ0) is 13.5. The number of aryl methyl sites for hydroxylation is 2. The molecule has 1 heterocycles. The molecule has 0 aliphatic rings. The van der Waals surface area contributed by atoms with Gasteiger partial charge in [0.15, 0.2) is 15.3 Å². The maximum atomic E-state index is 12.2. The van der Waals surface area contributed by atoms with Gasteiger partial charge in [-0.1, -0.05) is 11.6 Å². The molecule has 2 aromatic rings. The second-order valence-electron chi connectivity index (χ2n) is 4.69. The first-order valence-corrected chi connectivity index (χ1v) is 7.60. The smallest absolute Gasteiger partial charge is 0.193 e. The standard InChI is InChI=1S/C13H15NO3S/c1-9-4-5-12-11(6-9)13(15)10(7-14(12)2)8-18(3,16)17/h4-7H,8H2,1-3H3. The van der Waals surface area contributed by atoms with E-state index in [4.69, 9.17) is 0 Å². The van der Waals surface area contributed by atoms with Crippen LogP contribution in [0.2, 0.25) is 0 Å². The van der Waals surface area contributed by atoms with Crippen LogP contribution < -0.4 is 5.43 Å². The average molecular weight is 265 g/mol. The van der Waals surface area contributed by atoms with Gasteiger partial charge in [-0.15, -0.1) is 0 Å². The summed E-state index contributed by atoms with van der Waals surface area (Å²) in [7, 11) is -1.40. The van der Waals surface area contributed by atoms with Gasteiger partial charge in [-0.05, 0) is 19.1 Å². The van der Waals surface area contributed by atoms with E-state index in [1.165, 1.54) is 0 Å². The summed E-state index contributed by atoms with van der Waals surface area (Å²) < 4.78 is 24.4. The highest BCUT2D eigenvalue weighted by molar-refractivity contribution is 7.89. The molecule has 0 fully saturated rings. The minimum absolute atomic E-state index is 0.197. The van der Waals surface area contributed by atoms with Crippen LogP contribution >= 0.6 is 0 Å². The third kappa shape index (κ3) is 2.46. The van der Waals surface area contributed by atoms with Gasteiger partial charge >= 0.3 is 0 Å². The summed E-state index contributed by atoms with van der Waals surface area (Å²) in [6.45, 7) is 1.90. The Hall–Kier alpha value is -1.62. The lowest BCUT2D eigenvalue weighted by Gasteiger charge is -2.09. The largest absolute Gasteiger partial charge is 0.350 e. The highest BCUT2D eigenvalue weighted by Crippen LogP contribution is 2.13. The molecule has 0 amide bonds. The Labute approximate surface area is 106 Å². The number of hydrogen-bond acceptors (Lipinski definition) is 3. The lowest BCUT2D eigenvalue weighted by molar-refractivity contribution is 0.601. The molecule has 0 radical (unpaired) electrons. The number of benzene rings is 1. The molecular weight excluding hydrogens is 250 g/mol. The Balaban J connectivity index is 2.79. The summed E-state index contributed by atoms with van der Waals surface area (Å²) >= 11 is 0. The number of nitrogens with zero attached hydrogens (tertiary/aromatic N) is 1. The van der Waals surface area contributed by atoms with Gasteiger partial charge in [0.1, 0.15) is 0 Å². The normalized spacial score (nSPS) is 11.9. The Morgan fingerprint density at radius 2 is 1.94 bits per heavy atom. The molecule has 1 aromatic heterocycles. The van der Waals surface area contributed by atoms with Crippen LogP contribution in [0.25, 0.3) is 10.9 Å². The van der Waals surface area contributed by atoms with Crippen molar-refractivity contribution in [2.24, 2.45) is 7.05 Å². The van der Waals surface area contributed by atoms with Crippen molar-refractivity contribution < 1.29 is 8.42 Å². The minimum atomic E-state index is -3.21. The number of sulfone groups is 1. The Morgan fingerprint density at radius 1 is 1.28 bits per heavy atom. The third-order valence-corrected chi connectivity index (χ3v) is 3.67. The summed E-state index contributed by atoms with van der Waals surface area (Å²) in [5, 5.41) is 0.568. The summed E-state index contributed by atoms with van der Waals surface area (Å²) in [4.78, 5) is 12.2. The Bertz CT molecular complexity index is 773. The monoisotopic (exact) mass is 265 g/mol. The van der Waals surface area contributed by atoms with Gasteiger partial charge in [0.2, 0.25) is 0 Å². The molecule has 5 heteroatoms. The highest BCUT2D eigenvalue weighted by Gasteiger charge is 2.12. The predicted molar refractivity (Wildman–Crippen MR) is 72.5 cm³/mol. The quantitative estimate of drug-likeness (QED) is 0.824. The van der Waals surface area contributed by atoms with Gasteiger partial charge in [0.25, 0.3) is 0 Å². The van der Waals surface area contributed by atoms with Crippen molar-refractivity contribution in [1.29, 1.82) is 0 Å². The molecule has 0 spiro atoms. The number of pyridine rings is 1. The van der Waals surface area contributed by atoms with E-state index < -0.39 is 9.84 Å². The van der Waals surface area contributed by atoms with Crippen LogP contribution in [-0.2, 0) is 22.6 Å². The number of rotatable bonds is 2. The first-order chi connectivity index (χ1) is 8.28. The summed E-state index contributed by atoms with van der Waals surface area (Å²) in [5.74, 6) is -0.219. The van der Waals surface area contributed by atoms with E-state index >= 15 is 0 Å². The lowest BCUT2D eigenvalue weighted by Crippen LogP contribution is -2.16. The first-order valence-electron chi connectivity index (χ1n) is 5.54. The van der Waals surface area contributed by atoms with E-state index in [1.54, 1.807) is 16.8 Å². The maximum Gasteiger partial charge on any atom is 0.193 e. The number of fused-ring (bicyclic) bond motifs is 1. The van der Waals surface area contributed by atoms with Crippen molar-refractivity contribution in [2.75, 3.05) is 6.26 Å². The zero-order valence-corrected chi connectivity index (χ0v) is 11.4. The van der Waals surface area contributed by atoms with E-state index in [0.29, 0.717) is 10.9 Å². The molecule has 18 heavy (non-hydrogen) atoms. The molecule has 96 valence electrons. The van der Waals surface area contributed by atoms with Crippen LogP contribution in [0.15, 0.2) is 29.2 Å². The number of aromatic nitrogens is 1. The van der Waals surface area contributed by atoms with Gasteiger partial charge < -0.3 is 4.57 Å². The fourth-order valence-electron chi connectivity index (χ4n) is 2.06. The van der Waals surface area contributed by atoms with Crippen molar-refractivity contribution >= 4 is 20.7 Å². The third-order valence-electron chi connectivity index (χ3n) is 2.84. The van der Waals surface area contributed by atoms with Gasteiger partial charge in [-0.25, -0.2) is 8.42 Å². The van der Waals surface area contributed by atoms with Crippen LogP contribution in [0, 0.1) is 6.92 Å². The first kappa shape index (κ1) is 12.8. The molecule has 0 saturated carbocycles. The topological polar surface area (TPSA) is 56.1 Å². The summed E-state index contributed by atoms with van der Waals surface area (Å²) in [6.07, 6.45) is 2.73. The van der Waals surface area contributed by atoms with Crippen LogP contribution in [0.5, 0.6) is 0 Å². The molecule has 0 unspecified atom stereocenters. The Morgan fingerprint density at radius 3 is 2.56 bits per heavy atom. The average Bonchev–Trinajstić information content (AvgIpc) is 2.23. The zero-order valence-electron chi connectivity index (χ0n) is 10.6. The van der Waals surface area contributed by atoms with Gasteiger partial charge in [0, 0.05) is 30.4 Å². The second-order valence-corrected chi connectivity index (χ2v) is 6.83. The Kier molecular flexibility index (Phi) is 3.02. The van der Waals surface area contributed by atoms with E-state index in [1.807, 2.05) is 26.1 Å². The van der Waals surface area contributed by atoms with Crippen LogP contribution in [0.4, 0.5) is 0 Å². The van der Waals surface area contributed by atoms with Crippen molar-refractivity contribution in [3.8, 4) is 0 Å². The molecular formula is C13H15NO3S. The second kappa shape index (κ2) is 4.24. The van der Waals surface area contributed by atoms with Crippen LogP contribution in [0.1, 0.15) is 11.1 Å². The van der Waals surface area contributed by atoms with E-state index in [9.17, 15) is 13.2 Å². The van der Waals surface area contributed by atoms with Crippen LogP contribution in [-0.4, -0.2) is 19.2 Å². The molecule has 0 aliphatic heterocycles. The van der Waals surface area contributed by atoms with Crippen LogP contribution in [0.3, 0.4) is 0 Å². The molecule has 0 bridgehead atoms. The molecule has 4 nitrogen and oxygen atoms in total. The van der Waals surface area contributed by atoms with Gasteiger partial charge in [0.05, 0.1) is 11.3 Å². The van der Waals surface area contributed by atoms with Crippen molar-refractivity contribution in [3.63, 3.8) is 0 Å². The highest BCUT2D eigenvalue weighted by atomic mass is 32.2. The summed E-state index contributed by atoms with van der Waals surface area (Å²) in [5.41, 5.74) is 1.91. The summed E-state index contributed by atoms with van der Waals surface area (Å²) in [6, 6.07) is 5.59. The molecule has 0 N–H and O–H groups in total. The molecule has 0 atom stereocenters. The van der Waals surface area contributed by atoms with Gasteiger partial charge in [-0.2, -0.15) is 0 Å². The van der Waals surface area contributed by atoms with Crippen molar-refractivity contribution in [2.45, 2.75) is 12.7 Å². The predicted octanol–water partition coefficient (Wildman–Crippen LogP) is 1.39. The van der Waals surface area contributed by atoms with Crippen molar-refractivity contribution in [1.82, 2.24) is 4.57 Å². The maximum absolute atomic E-state index is 12.2. The van der Waals surface area contributed by atoms with Gasteiger partial charge in [-0.3, -0.25) is 4.79 Å². The molecule has 1 aromatic carbocycles. The molecule has 2 rings (SSSR count). The van der Waals surface area contributed by atoms with E-state index in [-0.39, 0.29) is 11.2 Å². The SMILES string of the molecule is Cc1ccc2c(c1)c(=O)c(CS(C)(=O)=O)cn2C. The lowest BCUT2D eigenvalue weighted by atomic mass is 10.1. The molecule has 0 aliphatic carbocycles.